The minimum atomic E-state index is -1.14. The van der Waals surface area contributed by atoms with Crippen LogP contribution in [0.2, 0.25) is 0 Å². The highest BCUT2D eigenvalue weighted by molar-refractivity contribution is 7.98. The zero-order valence-electron chi connectivity index (χ0n) is 18.0. The van der Waals surface area contributed by atoms with Gasteiger partial charge in [0.25, 0.3) is 0 Å². The van der Waals surface area contributed by atoms with Crippen molar-refractivity contribution in [3.8, 4) is 0 Å². The zero-order chi connectivity index (χ0) is 23.7. The molecule has 3 atom stereocenters. The first-order valence-corrected chi connectivity index (χ1v) is 11.5. The normalized spacial score (nSPS) is 13.7. The van der Waals surface area contributed by atoms with Crippen LogP contribution in [0.4, 0.5) is 0 Å². The van der Waals surface area contributed by atoms with Crippen molar-refractivity contribution in [2.45, 2.75) is 37.9 Å². The van der Waals surface area contributed by atoms with Crippen LogP contribution in [0.3, 0.4) is 0 Å². The van der Waals surface area contributed by atoms with Crippen molar-refractivity contribution in [2.24, 2.45) is 5.73 Å². The lowest BCUT2D eigenvalue weighted by Crippen LogP contribution is -2.54. The second-order valence-electron chi connectivity index (χ2n) is 7.37. The lowest BCUT2D eigenvalue weighted by Gasteiger charge is -2.21. The Bertz CT molecular complexity index is 961. The fourth-order valence-electron chi connectivity index (χ4n) is 3.07. The van der Waals surface area contributed by atoms with Gasteiger partial charge in [0.15, 0.2) is 0 Å². The summed E-state index contributed by atoms with van der Waals surface area (Å²) >= 11 is 1.47. The van der Waals surface area contributed by atoms with E-state index < -0.39 is 41.8 Å². The number of benzene rings is 1. The summed E-state index contributed by atoms with van der Waals surface area (Å²) in [6.07, 6.45) is 3.98. The Labute approximate surface area is 190 Å². The number of aliphatic carboxylic acids is 1. The van der Waals surface area contributed by atoms with Crippen molar-refractivity contribution >= 4 is 46.4 Å². The van der Waals surface area contributed by atoms with Gasteiger partial charge in [0.1, 0.15) is 12.1 Å². The number of fused-ring (bicyclic) bond motifs is 1. The van der Waals surface area contributed by atoms with E-state index in [2.05, 4.69) is 20.9 Å². The predicted molar refractivity (Wildman–Crippen MR) is 123 cm³/mol. The molecule has 0 bridgehead atoms. The van der Waals surface area contributed by atoms with Crippen molar-refractivity contribution in [1.82, 2.24) is 20.9 Å². The number of carboxylic acids is 1. The number of thioether (sulfide) groups is 1. The molecule has 3 amide bonds. The van der Waals surface area contributed by atoms with E-state index in [1.54, 1.807) is 6.20 Å². The van der Waals surface area contributed by atoms with Gasteiger partial charge in [-0.05, 0) is 37.0 Å². The smallest absolute Gasteiger partial charge is 0.326 e. The number of rotatable bonds is 12. The zero-order valence-corrected chi connectivity index (χ0v) is 18.8. The van der Waals surface area contributed by atoms with Crippen LogP contribution in [0, 0.1) is 0 Å². The topological polar surface area (TPSA) is 166 Å². The number of carboxylic acid groups (broad SMARTS) is 1. The van der Waals surface area contributed by atoms with Gasteiger partial charge in [0, 0.05) is 23.5 Å². The third-order valence-electron chi connectivity index (χ3n) is 4.81. The number of amides is 3. The van der Waals surface area contributed by atoms with Crippen LogP contribution in [0.25, 0.3) is 10.9 Å². The van der Waals surface area contributed by atoms with E-state index >= 15 is 0 Å². The molecule has 2 aromatic rings. The summed E-state index contributed by atoms with van der Waals surface area (Å²) in [6, 6.07) is 4.62. The number of nitrogens with two attached hydrogens (primary N) is 1. The SMILES string of the molecule is CSCCC(NC(=O)C(Cc1c[nH]c2ccccc12)NC(=O)CNC(=O)C(C)N)C(=O)O. The molecule has 0 saturated carbocycles. The summed E-state index contributed by atoms with van der Waals surface area (Å²) < 4.78 is 0. The van der Waals surface area contributed by atoms with Crippen molar-refractivity contribution < 1.29 is 24.3 Å². The fourth-order valence-corrected chi connectivity index (χ4v) is 3.54. The maximum atomic E-state index is 13.0. The predicted octanol–water partition coefficient (Wildman–Crippen LogP) is -0.0189. The lowest BCUT2D eigenvalue weighted by molar-refractivity contribution is -0.142. The molecule has 1 aromatic carbocycles. The Morgan fingerprint density at radius 1 is 1.12 bits per heavy atom. The van der Waals surface area contributed by atoms with Gasteiger partial charge in [0.2, 0.25) is 17.7 Å². The first-order chi connectivity index (χ1) is 15.2. The Morgan fingerprint density at radius 2 is 1.84 bits per heavy atom. The third kappa shape index (κ3) is 7.27. The summed E-state index contributed by atoms with van der Waals surface area (Å²) in [6.45, 7) is 1.13. The first kappa shape index (κ1) is 25.2. The number of hydrogen-bond donors (Lipinski definition) is 6. The van der Waals surface area contributed by atoms with Gasteiger partial charge in [-0.2, -0.15) is 11.8 Å². The molecule has 0 radical (unpaired) electrons. The molecule has 0 saturated heterocycles. The third-order valence-corrected chi connectivity index (χ3v) is 5.46. The number of carbonyl (C=O) groups excluding carboxylic acids is 3. The molecular formula is C21H29N5O5S. The van der Waals surface area contributed by atoms with E-state index in [1.165, 1.54) is 18.7 Å². The standard InChI is InChI=1S/C21H29N5O5S/c1-12(22)19(28)24-11-18(27)25-17(20(29)26-16(21(30)31)7-8-32-2)9-13-10-23-15-6-4-3-5-14(13)15/h3-6,10,12,16-17,23H,7-9,11,22H2,1-2H3,(H,24,28)(H,25,27)(H,26,29)(H,30,31). The maximum absolute atomic E-state index is 13.0. The highest BCUT2D eigenvalue weighted by atomic mass is 32.2. The van der Waals surface area contributed by atoms with Gasteiger partial charge in [-0.1, -0.05) is 18.2 Å². The summed E-state index contributed by atoms with van der Waals surface area (Å²) in [7, 11) is 0. The minimum Gasteiger partial charge on any atom is -0.480 e. The highest BCUT2D eigenvalue weighted by Gasteiger charge is 2.27. The molecule has 11 heteroatoms. The molecule has 0 spiro atoms. The maximum Gasteiger partial charge on any atom is 0.326 e. The number of hydrogen-bond acceptors (Lipinski definition) is 6. The highest BCUT2D eigenvalue weighted by Crippen LogP contribution is 2.19. The van der Waals surface area contributed by atoms with Gasteiger partial charge in [0.05, 0.1) is 12.6 Å². The molecule has 2 rings (SSSR count). The van der Waals surface area contributed by atoms with Crippen LogP contribution >= 0.6 is 11.8 Å². The average Bonchev–Trinajstić information content (AvgIpc) is 3.16. The molecule has 3 unspecified atom stereocenters. The van der Waals surface area contributed by atoms with Crippen molar-refractivity contribution in [2.75, 3.05) is 18.6 Å². The second-order valence-corrected chi connectivity index (χ2v) is 8.36. The Morgan fingerprint density at radius 3 is 2.50 bits per heavy atom. The summed E-state index contributed by atoms with van der Waals surface area (Å²) in [5.41, 5.74) is 7.13. The largest absolute Gasteiger partial charge is 0.480 e. The van der Waals surface area contributed by atoms with Crippen molar-refractivity contribution in [3.05, 3.63) is 36.0 Å². The van der Waals surface area contributed by atoms with Gasteiger partial charge in [-0.15, -0.1) is 0 Å². The number of carbonyl (C=O) groups is 4. The second kappa shape index (κ2) is 12.1. The van der Waals surface area contributed by atoms with Crippen LogP contribution in [-0.2, 0) is 25.6 Å². The number of nitrogens with one attached hydrogen (secondary N) is 4. The number of aromatic nitrogens is 1. The van der Waals surface area contributed by atoms with E-state index in [0.717, 1.165) is 16.5 Å². The number of H-pyrrole nitrogens is 1. The Hall–Kier alpha value is -3.05. The van der Waals surface area contributed by atoms with E-state index in [-0.39, 0.29) is 19.4 Å². The molecule has 32 heavy (non-hydrogen) atoms. The molecule has 10 nitrogen and oxygen atoms in total. The molecule has 0 aliphatic heterocycles. The van der Waals surface area contributed by atoms with E-state index in [4.69, 9.17) is 5.73 Å². The van der Waals surface area contributed by atoms with E-state index in [9.17, 15) is 24.3 Å². The van der Waals surface area contributed by atoms with Gasteiger partial charge in [-0.25, -0.2) is 4.79 Å². The molecule has 1 aromatic heterocycles. The molecule has 1 heterocycles. The summed E-state index contributed by atoms with van der Waals surface area (Å²) in [4.78, 5) is 51.6. The minimum absolute atomic E-state index is 0.137. The monoisotopic (exact) mass is 463 g/mol. The Balaban J connectivity index is 2.17. The van der Waals surface area contributed by atoms with Crippen LogP contribution in [0.15, 0.2) is 30.5 Å². The molecule has 0 aliphatic rings. The molecule has 7 N–H and O–H groups in total. The molecular weight excluding hydrogens is 434 g/mol. The summed E-state index contributed by atoms with van der Waals surface area (Å²) in [5, 5.41) is 17.8. The van der Waals surface area contributed by atoms with Crippen LogP contribution in [0.1, 0.15) is 18.9 Å². The van der Waals surface area contributed by atoms with E-state index in [0.29, 0.717) is 5.75 Å². The molecule has 174 valence electrons. The average molecular weight is 464 g/mol. The van der Waals surface area contributed by atoms with Crippen LogP contribution in [-0.4, -0.2) is 70.5 Å². The first-order valence-electron chi connectivity index (χ1n) is 10.1. The number of aromatic amines is 1. The van der Waals surface area contributed by atoms with Gasteiger partial charge in [-0.3, -0.25) is 14.4 Å². The van der Waals surface area contributed by atoms with Crippen molar-refractivity contribution in [1.29, 1.82) is 0 Å². The number of para-hydroxylation sites is 1. The molecule has 0 fully saturated rings. The van der Waals surface area contributed by atoms with Gasteiger partial charge < -0.3 is 31.8 Å². The van der Waals surface area contributed by atoms with E-state index in [1.807, 2.05) is 30.5 Å². The Kier molecular flexibility index (Phi) is 9.54. The quantitative estimate of drug-likeness (QED) is 0.257. The van der Waals surface area contributed by atoms with Crippen molar-refractivity contribution in [3.63, 3.8) is 0 Å². The van der Waals surface area contributed by atoms with Crippen LogP contribution < -0.4 is 21.7 Å². The summed E-state index contributed by atoms with van der Waals surface area (Å²) in [5.74, 6) is -2.29. The van der Waals surface area contributed by atoms with Gasteiger partial charge >= 0.3 is 5.97 Å². The lowest BCUT2D eigenvalue weighted by atomic mass is 10.0. The molecule has 0 aliphatic carbocycles. The fraction of sp³-hybridized carbons (Fsp3) is 0.429. The van der Waals surface area contributed by atoms with Crippen LogP contribution in [0.5, 0.6) is 0 Å².